The molecule has 0 unspecified atom stereocenters. The van der Waals surface area contributed by atoms with Gasteiger partial charge in [-0.15, -0.1) is 0 Å². The smallest absolute Gasteiger partial charge is 0.138 e. The standard InChI is InChI=1S/C14H17ClN2/c1-2-3-8-16-10-12-9-11-6-4-5-7-13(11)17-14(12)15/h4-7,9,16H,2-3,8,10H2,1H3/p+1. The van der Waals surface area contributed by atoms with Gasteiger partial charge in [0.1, 0.15) is 11.7 Å². The van der Waals surface area contributed by atoms with Crippen molar-refractivity contribution in [3.8, 4) is 0 Å². The zero-order chi connectivity index (χ0) is 12.1. The first kappa shape index (κ1) is 12.3. The molecule has 1 heterocycles. The fourth-order valence-electron chi connectivity index (χ4n) is 1.89. The van der Waals surface area contributed by atoms with E-state index in [2.05, 4.69) is 29.4 Å². The van der Waals surface area contributed by atoms with E-state index in [1.807, 2.05) is 18.2 Å². The topological polar surface area (TPSA) is 29.5 Å². The van der Waals surface area contributed by atoms with Crippen LogP contribution < -0.4 is 5.32 Å². The summed E-state index contributed by atoms with van der Waals surface area (Å²) in [5.41, 5.74) is 2.09. The molecule has 1 aromatic carbocycles. The van der Waals surface area contributed by atoms with Gasteiger partial charge in [0.2, 0.25) is 0 Å². The van der Waals surface area contributed by atoms with Crippen molar-refractivity contribution < 1.29 is 5.32 Å². The van der Waals surface area contributed by atoms with Crippen LogP contribution >= 0.6 is 11.6 Å². The SMILES string of the molecule is CCCC[NH2+]Cc1cc2ccccc2nc1Cl. The third-order valence-electron chi connectivity index (χ3n) is 2.88. The number of unbranched alkanes of at least 4 members (excludes halogenated alkanes) is 1. The molecule has 2 aromatic rings. The van der Waals surface area contributed by atoms with Gasteiger partial charge < -0.3 is 5.32 Å². The monoisotopic (exact) mass is 249 g/mol. The van der Waals surface area contributed by atoms with Crippen molar-refractivity contribution in [3.05, 3.63) is 41.0 Å². The molecule has 0 saturated carbocycles. The molecular weight excluding hydrogens is 232 g/mol. The molecular formula is C14H18ClN2+. The van der Waals surface area contributed by atoms with Crippen LogP contribution in [0, 0.1) is 0 Å². The maximum Gasteiger partial charge on any atom is 0.138 e. The molecule has 0 fully saturated rings. The highest BCUT2D eigenvalue weighted by Gasteiger charge is 2.05. The molecule has 0 aliphatic carbocycles. The van der Waals surface area contributed by atoms with Crippen molar-refractivity contribution in [2.45, 2.75) is 26.3 Å². The fourth-order valence-corrected chi connectivity index (χ4v) is 2.11. The highest BCUT2D eigenvalue weighted by molar-refractivity contribution is 6.30. The number of nitrogens with two attached hydrogens (primary N) is 1. The second kappa shape index (κ2) is 5.99. The molecule has 0 spiro atoms. The van der Waals surface area contributed by atoms with Crippen LogP contribution in [0.3, 0.4) is 0 Å². The fraction of sp³-hybridized carbons (Fsp3) is 0.357. The average molecular weight is 250 g/mol. The van der Waals surface area contributed by atoms with Crippen LogP contribution in [-0.4, -0.2) is 11.5 Å². The van der Waals surface area contributed by atoms with Crippen LogP contribution in [0.4, 0.5) is 0 Å². The summed E-state index contributed by atoms with van der Waals surface area (Å²) in [7, 11) is 0. The summed E-state index contributed by atoms with van der Waals surface area (Å²) in [6.07, 6.45) is 2.48. The van der Waals surface area contributed by atoms with Crippen molar-refractivity contribution in [2.24, 2.45) is 0 Å². The van der Waals surface area contributed by atoms with Gasteiger partial charge >= 0.3 is 0 Å². The van der Waals surface area contributed by atoms with Crippen molar-refractivity contribution in [1.29, 1.82) is 0 Å². The third-order valence-corrected chi connectivity index (χ3v) is 3.20. The Hall–Kier alpha value is -1.12. The minimum atomic E-state index is 0.636. The van der Waals surface area contributed by atoms with Crippen LogP contribution in [0.25, 0.3) is 10.9 Å². The molecule has 17 heavy (non-hydrogen) atoms. The number of rotatable bonds is 5. The summed E-state index contributed by atoms with van der Waals surface area (Å²) in [5, 5.41) is 4.09. The molecule has 2 nitrogen and oxygen atoms in total. The van der Waals surface area contributed by atoms with Crippen LogP contribution in [-0.2, 0) is 6.54 Å². The number of quaternary nitrogens is 1. The molecule has 1 aromatic heterocycles. The van der Waals surface area contributed by atoms with E-state index in [0.29, 0.717) is 5.15 Å². The van der Waals surface area contributed by atoms with Gasteiger partial charge in [-0.1, -0.05) is 43.1 Å². The molecule has 0 atom stereocenters. The van der Waals surface area contributed by atoms with Crippen molar-refractivity contribution in [2.75, 3.05) is 6.54 Å². The largest absolute Gasteiger partial charge is 0.342 e. The Morgan fingerprint density at radius 1 is 1.29 bits per heavy atom. The van der Waals surface area contributed by atoms with Crippen LogP contribution in [0.2, 0.25) is 5.15 Å². The summed E-state index contributed by atoms with van der Waals surface area (Å²) < 4.78 is 0. The highest BCUT2D eigenvalue weighted by Crippen LogP contribution is 2.19. The molecule has 0 bridgehead atoms. The van der Waals surface area contributed by atoms with E-state index in [1.54, 1.807) is 0 Å². The van der Waals surface area contributed by atoms with Gasteiger partial charge in [-0.05, 0) is 18.6 Å². The number of aromatic nitrogens is 1. The number of para-hydroxylation sites is 1. The zero-order valence-electron chi connectivity index (χ0n) is 10.1. The number of pyridine rings is 1. The second-order valence-electron chi connectivity index (χ2n) is 4.27. The maximum atomic E-state index is 6.18. The van der Waals surface area contributed by atoms with E-state index in [1.165, 1.54) is 12.8 Å². The predicted octanol–water partition coefficient (Wildman–Crippen LogP) is 2.75. The molecule has 2 N–H and O–H groups in total. The van der Waals surface area contributed by atoms with E-state index in [0.717, 1.165) is 29.6 Å². The van der Waals surface area contributed by atoms with E-state index in [-0.39, 0.29) is 0 Å². The van der Waals surface area contributed by atoms with Crippen molar-refractivity contribution in [1.82, 2.24) is 4.98 Å². The van der Waals surface area contributed by atoms with E-state index in [9.17, 15) is 0 Å². The van der Waals surface area contributed by atoms with Gasteiger partial charge in [-0.3, -0.25) is 0 Å². The Balaban J connectivity index is 2.14. The summed E-state index contributed by atoms with van der Waals surface area (Å²) in [4.78, 5) is 4.42. The Morgan fingerprint density at radius 3 is 2.94 bits per heavy atom. The number of hydrogen-bond donors (Lipinski definition) is 1. The average Bonchev–Trinajstić information content (AvgIpc) is 2.35. The number of benzene rings is 1. The first-order valence-corrected chi connectivity index (χ1v) is 6.55. The van der Waals surface area contributed by atoms with Gasteiger partial charge in [0.25, 0.3) is 0 Å². The van der Waals surface area contributed by atoms with Gasteiger partial charge in [0.15, 0.2) is 0 Å². The Kier molecular flexibility index (Phi) is 4.35. The maximum absolute atomic E-state index is 6.18. The lowest BCUT2D eigenvalue weighted by Crippen LogP contribution is -2.82. The molecule has 3 heteroatoms. The highest BCUT2D eigenvalue weighted by atomic mass is 35.5. The van der Waals surface area contributed by atoms with E-state index >= 15 is 0 Å². The van der Waals surface area contributed by atoms with Crippen molar-refractivity contribution in [3.63, 3.8) is 0 Å². The first-order chi connectivity index (χ1) is 8.31. The molecule has 2 rings (SSSR count). The normalized spacial score (nSPS) is 10.9. The van der Waals surface area contributed by atoms with Crippen LogP contribution in [0.5, 0.6) is 0 Å². The van der Waals surface area contributed by atoms with Crippen molar-refractivity contribution >= 4 is 22.5 Å². The lowest BCUT2D eigenvalue weighted by molar-refractivity contribution is -0.670. The summed E-state index contributed by atoms with van der Waals surface area (Å²) >= 11 is 6.18. The lowest BCUT2D eigenvalue weighted by Gasteiger charge is -2.05. The quantitative estimate of drug-likeness (QED) is 0.641. The van der Waals surface area contributed by atoms with Gasteiger partial charge in [0, 0.05) is 10.9 Å². The number of hydrogen-bond acceptors (Lipinski definition) is 1. The molecule has 0 aliphatic rings. The summed E-state index contributed by atoms with van der Waals surface area (Å²) in [6.45, 7) is 4.27. The van der Waals surface area contributed by atoms with Crippen LogP contribution in [0.15, 0.2) is 30.3 Å². The molecule has 0 radical (unpaired) electrons. The first-order valence-electron chi connectivity index (χ1n) is 6.17. The van der Waals surface area contributed by atoms with Gasteiger partial charge in [-0.2, -0.15) is 0 Å². The molecule has 0 amide bonds. The van der Waals surface area contributed by atoms with Gasteiger partial charge in [-0.25, -0.2) is 4.98 Å². The Bertz CT molecular complexity index is 497. The summed E-state index contributed by atoms with van der Waals surface area (Å²) in [5.74, 6) is 0. The Labute approximate surface area is 107 Å². The number of nitrogens with zero attached hydrogens (tertiary/aromatic N) is 1. The second-order valence-corrected chi connectivity index (χ2v) is 4.62. The third kappa shape index (κ3) is 3.18. The number of fused-ring (bicyclic) bond motifs is 1. The van der Waals surface area contributed by atoms with E-state index < -0.39 is 0 Å². The predicted molar refractivity (Wildman–Crippen MR) is 72.2 cm³/mol. The molecule has 0 aliphatic heterocycles. The minimum absolute atomic E-state index is 0.636. The van der Waals surface area contributed by atoms with Crippen LogP contribution in [0.1, 0.15) is 25.3 Å². The number of halogens is 1. The summed E-state index contributed by atoms with van der Waals surface area (Å²) in [6, 6.07) is 10.2. The Morgan fingerprint density at radius 2 is 2.12 bits per heavy atom. The lowest BCUT2D eigenvalue weighted by atomic mass is 10.1. The van der Waals surface area contributed by atoms with E-state index in [4.69, 9.17) is 11.6 Å². The minimum Gasteiger partial charge on any atom is -0.342 e. The molecule has 0 saturated heterocycles. The van der Waals surface area contributed by atoms with Gasteiger partial charge in [0.05, 0.1) is 12.1 Å². The zero-order valence-corrected chi connectivity index (χ0v) is 10.9. The molecule has 90 valence electrons.